The summed E-state index contributed by atoms with van der Waals surface area (Å²) in [5, 5.41) is 0. The summed E-state index contributed by atoms with van der Waals surface area (Å²) in [6.45, 7) is 4.97. The van der Waals surface area contributed by atoms with Gasteiger partial charge in [-0.25, -0.2) is 0 Å². The van der Waals surface area contributed by atoms with E-state index in [0.29, 0.717) is 25.9 Å². The van der Waals surface area contributed by atoms with Gasteiger partial charge in [0.25, 0.3) is 5.91 Å². The van der Waals surface area contributed by atoms with E-state index in [4.69, 9.17) is 0 Å². The van der Waals surface area contributed by atoms with Crippen molar-refractivity contribution in [3.63, 3.8) is 0 Å². The molecule has 1 fully saturated rings. The summed E-state index contributed by atoms with van der Waals surface area (Å²) in [6, 6.07) is -0.0543. The molecule has 0 aromatic carbocycles. The van der Waals surface area contributed by atoms with Crippen LogP contribution in [0.2, 0.25) is 0 Å². The third kappa shape index (κ3) is 2.68. The highest BCUT2D eigenvalue weighted by atomic mass is 16.2. The first-order valence-electron chi connectivity index (χ1n) is 5.27. The zero-order valence-corrected chi connectivity index (χ0v) is 9.55. The van der Waals surface area contributed by atoms with Crippen LogP contribution in [0.15, 0.2) is 12.2 Å². The molecule has 1 saturated heterocycles. The predicted octanol–water partition coefficient (Wildman–Crippen LogP) is -0.179. The van der Waals surface area contributed by atoms with E-state index in [0.717, 1.165) is 0 Å². The molecule has 1 aliphatic rings. The minimum absolute atomic E-state index is 0.0480. The second kappa shape index (κ2) is 5.44. The fraction of sp³-hybridized carbons (Fsp3) is 0.545. The Morgan fingerprint density at radius 3 is 2.44 bits per heavy atom. The van der Waals surface area contributed by atoms with E-state index in [1.807, 2.05) is 6.92 Å². The number of amides is 2. The Kier molecular flexibility index (Phi) is 4.22. The van der Waals surface area contributed by atoms with Gasteiger partial charge in [-0.2, -0.15) is 0 Å². The summed E-state index contributed by atoms with van der Waals surface area (Å²) < 4.78 is 0. The fourth-order valence-electron chi connectivity index (χ4n) is 1.80. The van der Waals surface area contributed by atoms with E-state index in [1.165, 1.54) is 11.0 Å². The number of hydrogen-bond donors (Lipinski definition) is 0. The zero-order chi connectivity index (χ0) is 12.1. The second-order valence-electron chi connectivity index (χ2n) is 3.78. The van der Waals surface area contributed by atoms with Crippen molar-refractivity contribution in [1.29, 1.82) is 0 Å². The highest BCUT2D eigenvalue weighted by molar-refractivity contribution is 6.23. The van der Waals surface area contributed by atoms with Crippen LogP contribution in [0.5, 0.6) is 0 Å². The lowest BCUT2D eigenvalue weighted by Gasteiger charge is -2.38. The minimum atomic E-state index is -0.509. The van der Waals surface area contributed by atoms with Crippen molar-refractivity contribution in [1.82, 2.24) is 9.80 Å². The van der Waals surface area contributed by atoms with Crippen molar-refractivity contribution in [3.05, 3.63) is 12.2 Å². The summed E-state index contributed by atoms with van der Waals surface area (Å²) in [6.07, 6.45) is 3.52. The number of hydrogen-bond acceptors (Lipinski definition) is 3. The largest absolute Gasteiger partial charge is 0.333 e. The highest BCUT2D eigenvalue weighted by Crippen LogP contribution is 2.10. The van der Waals surface area contributed by atoms with Gasteiger partial charge in [0, 0.05) is 25.7 Å². The molecule has 0 aromatic rings. The van der Waals surface area contributed by atoms with Gasteiger partial charge < -0.3 is 9.80 Å². The number of aldehydes is 1. The van der Waals surface area contributed by atoms with Crippen LogP contribution in [-0.4, -0.2) is 53.6 Å². The maximum Gasteiger partial charge on any atom is 0.286 e. The van der Waals surface area contributed by atoms with E-state index in [9.17, 15) is 14.4 Å². The molecule has 5 nitrogen and oxygen atoms in total. The van der Waals surface area contributed by atoms with Gasteiger partial charge in [0.15, 0.2) is 0 Å². The Bertz CT molecular complexity index is 325. The predicted molar refractivity (Wildman–Crippen MR) is 58.6 cm³/mol. The maximum absolute atomic E-state index is 11.6. The third-order valence-corrected chi connectivity index (χ3v) is 2.63. The van der Waals surface area contributed by atoms with Gasteiger partial charge in [-0.05, 0) is 19.9 Å². The van der Waals surface area contributed by atoms with Crippen molar-refractivity contribution in [2.24, 2.45) is 0 Å². The molecule has 16 heavy (non-hydrogen) atoms. The average molecular weight is 224 g/mol. The lowest BCUT2D eigenvalue weighted by molar-refractivity contribution is -0.143. The topological polar surface area (TPSA) is 57.7 Å². The van der Waals surface area contributed by atoms with Crippen LogP contribution in [-0.2, 0) is 14.4 Å². The molecule has 1 aliphatic heterocycles. The van der Waals surface area contributed by atoms with Crippen LogP contribution < -0.4 is 0 Å². The van der Waals surface area contributed by atoms with Crippen molar-refractivity contribution in [2.45, 2.75) is 19.9 Å². The quantitative estimate of drug-likeness (QED) is 0.371. The standard InChI is InChI=1S/C11H16N2O3/c1-3-4-10(15)13-6-5-12(7-9(13)2)11(16)8-14/h3-4,8-9H,5-7H2,1-2H3/b4-3+/t9-/m1/s1. The molecule has 0 saturated carbocycles. The van der Waals surface area contributed by atoms with Gasteiger partial charge in [0.1, 0.15) is 0 Å². The van der Waals surface area contributed by atoms with Crippen LogP contribution in [0.3, 0.4) is 0 Å². The minimum Gasteiger partial charge on any atom is -0.333 e. The van der Waals surface area contributed by atoms with Gasteiger partial charge >= 0.3 is 0 Å². The molecule has 0 spiro atoms. The van der Waals surface area contributed by atoms with Gasteiger partial charge in [0.05, 0.1) is 0 Å². The molecule has 0 unspecified atom stereocenters. The van der Waals surface area contributed by atoms with Gasteiger partial charge in [-0.1, -0.05) is 6.08 Å². The normalized spacial score (nSPS) is 21.2. The highest BCUT2D eigenvalue weighted by Gasteiger charge is 2.28. The molecule has 0 aromatic heterocycles. The van der Waals surface area contributed by atoms with Crippen molar-refractivity contribution < 1.29 is 14.4 Å². The Balaban J connectivity index is 2.62. The molecule has 1 rings (SSSR count). The lowest BCUT2D eigenvalue weighted by atomic mass is 10.2. The fourth-order valence-corrected chi connectivity index (χ4v) is 1.80. The Hall–Kier alpha value is -1.65. The summed E-state index contributed by atoms with van der Waals surface area (Å²) in [7, 11) is 0. The van der Waals surface area contributed by atoms with Gasteiger partial charge in [0.2, 0.25) is 12.2 Å². The van der Waals surface area contributed by atoms with Crippen molar-refractivity contribution >= 4 is 18.1 Å². The monoisotopic (exact) mass is 224 g/mol. The lowest BCUT2D eigenvalue weighted by Crippen LogP contribution is -2.55. The van der Waals surface area contributed by atoms with Crippen LogP contribution in [0, 0.1) is 0 Å². The summed E-state index contributed by atoms with van der Waals surface area (Å²) in [5.41, 5.74) is 0. The van der Waals surface area contributed by atoms with E-state index < -0.39 is 5.91 Å². The van der Waals surface area contributed by atoms with Crippen LogP contribution >= 0.6 is 0 Å². The first kappa shape index (κ1) is 12.4. The van der Waals surface area contributed by atoms with E-state index in [1.54, 1.807) is 17.9 Å². The first-order valence-corrected chi connectivity index (χ1v) is 5.27. The van der Waals surface area contributed by atoms with Crippen molar-refractivity contribution in [3.8, 4) is 0 Å². The SMILES string of the molecule is C/C=C/C(=O)N1CCN(C(=O)C=O)C[C@H]1C. The number of rotatable bonds is 2. The molecule has 0 radical (unpaired) electrons. The number of piperazine rings is 1. The third-order valence-electron chi connectivity index (χ3n) is 2.63. The van der Waals surface area contributed by atoms with Crippen LogP contribution in [0.1, 0.15) is 13.8 Å². The van der Waals surface area contributed by atoms with Crippen LogP contribution in [0.4, 0.5) is 0 Å². The first-order chi connectivity index (χ1) is 7.60. The van der Waals surface area contributed by atoms with Crippen LogP contribution in [0.25, 0.3) is 0 Å². The summed E-state index contributed by atoms with van der Waals surface area (Å²) in [5.74, 6) is -0.557. The molecular weight excluding hydrogens is 208 g/mol. The van der Waals surface area contributed by atoms with Crippen molar-refractivity contribution in [2.75, 3.05) is 19.6 Å². The molecule has 0 aliphatic carbocycles. The molecule has 5 heteroatoms. The molecule has 0 bridgehead atoms. The second-order valence-corrected chi connectivity index (χ2v) is 3.78. The van der Waals surface area contributed by atoms with E-state index in [2.05, 4.69) is 0 Å². The van der Waals surface area contributed by atoms with Gasteiger partial charge in [-0.15, -0.1) is 0 Å². The molecule has 1 heterocycles. The average Bonchev–Trinajstić information content (AvgIpc) is 2.28. The molecular formula is C11H16N2O3. The summed E-state index contributed by atoms with van der Waals surface area (Å²) in [4.78, 5) is 36.3. The molecule has 2 amide bonds. The smallest absolute Gasteiger partial charge is 0.286 e. The Morgan fingerprint density at radius 1 is 1.25 bits per heavy atom. The molecule has 1 atom stereocenters. The Morgan fingerprint density at radius 2 is 1.94 bits per heavy atom. The zero-order valence-electron chi connectivity index (χ0n) is 9.55. The van der Waals surface area contributed by atoms with E-state index in [-0.39, 0.29) is 11.9 Å². The maximum atomic E-state index is 11.6. The summed E-state index contributed by atoms with van der Waals surface area (Å²) >= 11 is 0. The molecule has 0 N–H and O–H groups in total. The molecule has 88 valence electrons. The van der Waals surface area contributed by atoms with E-state index >= 15 is 0 Å². The number of nitrogens with zero attached hydrogens (tertiary/aromatic N) is 2. The number of carbonyl (C=O) groups is 3. The Labute approximate surface area is 94.7 Å². The number of carbonyl (C=O) groups excluding carboxylic acids is 3. The van der Waals surface area contributed by atoms with Gasteiger partial charge in [-0.3, -0.25) is 14.4 Å². The number of allylic oxidation sites excluding steroid dienone is 1.